The van der Waals surface area contributed by atoms with Crippen LogP contribution in [0.5, 0.6) is 0 Å². The maximum Gasteiger partial charge on any atom is 0.408 e. The van der Waals surface area contributed by atoms with Gasteiger partial charge in [0, 0.05) is 42.6 Å². The van der Waals surface area contributed by atoms with Gasteiger partial charge in [-0.1, -0.05) is 17.7 Å². The molecule has 1 saturated heterocycles. The lowest BCUT2D eigenvalue weighted by Gasteiger charge is -2.34. The van der Waals surface area contributed by atoms with Crippen molar-refractivity contribution in [2.24, 2.45) is 0 Å². The molecule has 2 aliphatic rings. The van der Waals surface area contributed by atoms with Crippen molar-refractivity contribution in [2.45, 2.75) is 76.7 Å². The summed E-state index contributed by atoms with van der Waals surface area (Å²) in [5.74, 6) is -0.778. The van der Waals surface area contributed by atoms with E-state index in [4.69, 9.17) is 11.6 Å². The number of nitrogens with zero attached hydrogens (tertiary/aromatic N) is 3. The zero-order valence-corrected chi connectivity index (χ0v) is 22.1. The molecule has 37 heavy (non-hydrogen) atoms. The minimum atomic E-state index is -1.66. The molecule has 1 fully saturated rings. The van der Waals surface area contributed by atoms with Crippen molar-refractivity contribution in [1.29, 1.82) is 0 Å². The van der Waals surface area contributed by atoms with E-state index in [0.29, 0.717) is 42.0 Å². The number of nitrogens with one attached hydrogen (secondary N) is 1. The second-order valence-corrected chi connectivity index (χ2v) is 11.2. The number of carboxylic acid groups (broad SMARTS) is 1. The van der Waals surface area contributed by atoms with E-state index in [9.17, 15) is 24.6 Å². The summed E-state index contributed by atoms with van der Waals surface area (Å²) >= 11 is 6.21. The molecule has 0 radical (unpaired) electrons. The molecule has 1 aromatic carbocycles. The Morgan fingerprint density at radius 3 is 2.70 bits per heavy atom. The minimum Gasteiger partial charge on any atom is -0.465 e. The number of carbonyl (C=O) groups is 3. The predicted molar refractivity (Wildman–Crippen MR) is 138 cm³/mol. The Kier molecular flexibility index (Phi) is 7.48. The first-order valence-electron chi connectivity index (χ1n) is 12.4. The van der Waals surface area contributed by atoms with Crippen LogP contribution in [-0.4, -0.2) is 61.0 Å². The summed E-state index contributed by atoms with van der Waals surface area (Å²) in [5, 5.41) is 24.4. The molecule has 1 aromatic heterocycles. The Balaban J connectivity index is 1.48. The molecule has 0 bridgehead atoms. The summed E-state index contributed by atoms with van der Waals surface area (Å²) in [6, 6.07) is 6.14. The van der Waals surface area contributed by atoms with Crippen LogP contribution >= 0.6 is 11.6 Å². The van der Waals surface area contributed by atoms with Gasteiger partial charge in [0.15, 0.2) is 5.60 Å². The number of rotatable bonds is 6. The van der Waals surface area contributed by atoms with E-state index in [0.717, 1.165) is 11.1 Å². The summed E-state index contributed by atoms with van der Waals surface area (Å²) in [6.07, 6.45) is 4.15. The second kappa shape index (κ2) is 10.3. The van der Waals surface area contributed by atoms with Gasteiger partial charge in [0.2, 0.25) is 5.91 Å². The van der Waals surface area contributed by atoms with Crippen molar-refractivity contribution in [1.82, 2.24) is 20.1 Å². The molecule has 3 N–H and O–H groups in total. The number of fused-ring (bicyclic) bond motifs is 1. The first-order chi connectivity index (χ1) is 17.4. The van der Waals surface area contributed by atoms with E-state index >= 15 is 0 Å². The minimum absolute atomic E-state index is 0.129. The number of aliphatic hydroxyl groups is 1. The lowest BCUT2D eigenvalue weighted by atomic mass is 9.94. The van der Waals surface area contributed by atoms with Crippen LogP contribution in [-0.2, 0) is 34.7 Å². The van der Waals surface area contributed by atoms with Crippen molar-refractivity contribution >= 4 is 29.5 Å². The van der Waals surface area contributed by atoms with Crippen LogP contribution in [0.3, 0.4) is 0 Å². The van der Waals surface area contributed by atoms with Gasteiger partial charge in [-0.3, -0.25) is 19.5 Å². The summed E-state index contributed by atoms with van der Waals surface area (Å²) in [7, 11) is 0. The van der Waals surface area contributed by atoms with Crippen LogP contribution in [0.4, 0.5) is 4.79 Å². The largest absolute Gasteiger partial charge is 0.465 e. The summed E-state index contributed by atoms with van der Waals surface area (Å²) < 4.78 is 0. The molecule has 10 heteroatoms. The van der Waals surface area contributed by atoms with Gasteiger partial charge in [0.1, 0.15) is 6.04 Å². The fraction of sp³-hybridized carbons (Fsp3) is 0.481. The van der Waals surface area contributed by atoms with Crippen molar-refractivity contribution < 1.29 is 24.6 Å². The molecule has 1 unspecified atom stereocenters. The highest BCUT2D eigenvalue weighted by molar-refractivity contribution is 6.30. The molecule has 4 rings (SSSR count). The Labute approximate surface area is 221 Å². The van der Waals surface area contributed by atoms with Gasteiger partial charge in [-0.2, -0.15) is 0 Å². The molecule has 9 nitrogen and oxygen atoms in total. The Bertz CT molecular complexity index is 1210. The van der Waals surface area contributed by atoms with Crippen molar-refractivity contribution in [2.75, 3.05) is 6.54 Å². The van der Waals surface area contributed by atoms with Gasteiger partial charge < -0.3 is 20.4 Å². The maximum absolute atomic E-state index is 13.5. The van der Waals surface area contributed by atoms with Crippen LogP contribution < -0.4 is 5.32 Å². The van der Waals surface area contributed by atoms with Gasteiger partial charge in [-0.15, -0.1) is 0 Å². The lowest BCUT2D eigenvalue weighted by Crippen LogP contribution is -2.52. The van der Waals surface area contributed by atoms with E-state index in [1.54, 1.807) is 36.7 Å². The number of carbonyl (C=O) groups excluding carboxylic acids is 2. The van der Waals surface area contributed by atoms with Crippen LogP contribution in [0.1, 0.15) is 62.3 Å². The molecule has 1 aliphatic carbocycles. The van der Waals surface area contributed by atoms with Crippen LogP contribution in [0, 0.1) is 0 Å². The third-order valence-corrected chi connectivity index (χ3v) is 7.50. The molecule has 2 atom stereocenters. The molecule has 1 aliphatic heterocycles. The smallest absolute Gasteiger partial charge is 0.408 e. The fourth-order valence-corrected chi connectivity index (χ4v) is 5.39. The molecule has 0 saturated carbocycles. The number of benzene rings is 1. The maximum atomic E-state index is 13.5. The Morgan fingerprint density at radius 1 is 1.24 bits per heavy atom. The van der Waals surface area contributed by atoms with Crippen molar-refractivity contribution in [3.63, 3.8) is 0 Å². The van der Waals surface area contributed by atoms with E-state index in [2.05, 4.69) is 10.3 Å². The van der Waals surface area contributed by atoms with Gasteiger partial charge in [0.05, 0.1) is 0 Å². The number of aromatic nitrogens is 1. The van der Waals surface area contributed by atoms with E-state index in [1.807, 2.05) is 20.8 Å². The SMILES string of the molecule is CC(C)(C)N(Cc1ccc(Cl)cc1CNC(=O)[C@@H]1CCCN1C(=O)C1(O)CCc2cnccc21)C(=O)O. The molecule has 198 valence electrons. The first kappa shape index (κ1) is 26.9. The highest BCUT2D eigenvalue weighted by Gasteiger charge is 2.49. The highest BCUT2D eigenvalue weighted by atomic mass is 35.5. The molecule has 2 aromatic rings. The number of hydrogen-bond donors (Lipinski definition) is 3. The monoisotopic (exact) mass is 528 g/mol. The van der Waals surface area contributed by atoms with Gasteiger partial charge in [-0.05, 0) is 86.9 Å². The normalized spacial score (nSPS) is 21.0. The molecule has 0 spiro atoms. The predicted octanol–water partition coefficient (Wildman–Crippen LogP) is 3.45. The quantitative estimate of drug-likeness (QED) is 0.527. The first-order valence-corrected chi connectivity index (χ1v) is 12.8. The number of hydrogen-bond acceptors (Lipinski definition) is 5. The third-order valence-electron chi connectivity index (χ3n) is 7.27. The van der Waals surface area contributed by atoms with Gasteiger partial charge >= 0.3 is 6.09 Å². The average molecular weight is 529 g/mol. The van der Waals surface area contributed by atoms with Crippen molar-refractivity contribution in [3.05, 3.63) is 63.9 Å². The van der Waals surface area contributed by atoms with Gasteiger partial charge in [-0.25, -0.2) is 4.79 Å². The topological polar surface area (TPSA) is 123 Å². The number of pyridine rings is 1. The molecule has 2 heterocycles. The van der Waals surface area contributed by atoms with E-state index in [1.165, 1.54) is 9.80 Å². The summed E-state index contributed by atoms with van der Waals surface area (Å²) in [5.41, 5.74) is 0.553. The number of likely N-dealkylation sites (tertiary alicyclic amines) is 1. The summed E-state index contributed by atoms with van der Waals surface area (Å²) in [4.78, 5) is 45.5. The molecular weight excluding hydrogens is 496 g/mol. The fourth-order valence-electron chi connectivity index (χ4n) is 5.20. The molecular formula is C27H33ClN4O5. The van der Waals surface area contributed by atoms with Crippen LogP contribution in [0.25, 0.3) is 0 Å². The second-order valence-electron chi connectivity index (χ2n) is 10.7. The van der Waals surface area contributed by atoms with Crippen molar-refractivity contribution in [3.8, 4) is 0 Å². The summed E-state index contributed by atoms with van der Waals surface area (Å²) in [6.45, 7) is 6.10. The number of aryl methyl sites for hydroxylation is 1. The number of halogens is 1. The lowest BCUT2D eigenvalue weighted by molar-refractivity contribution is -0.155. The van der Waals surface area contributed by atoms with Crippen LogP contribution in [0.15, 0.2) is 36.7 Å². The third kappa shape index (κ3) is 5.43. The van der Waals surface area contributed by atoms with E-state index in [-0.39, 0.29) is 25.4 Å². The highest BCUT2D eigenvalue weighted by Crippen LogP contribution is 2.39. The Morgan fingerprint density at radius 2 is 2.00 bits per heavy atom. The standard InChI is InChI=1S/C27H33ClN4O5/c1-26(2,3)32(25(35)36)16-18-6-7-20(28)13-19(18)15-30-23(33)22-5-4-12-31(22)24(34)27(37)10-8-17-14-29-11-9-21(17)27/h6-7,9,11,13-14,22,37H,4-5,8,10,12,15-16H2,1-3H3,(H,30,33)(H,35,36)/t22-,27?/m0/s1. The average Bonchev–Trinajstić information content (AvgIpc) is 3.46. The number of amides is 3. The molecule has 3 amide bonds. The zero-order chi connectivity index (χ0) is 27.0. The Hall–Kier alpha value is -3.17. The van der Waals surface area contributed by atoms with E-state index < -0.39 is 29.2 Å². The van der Waals surface area contributed by atoms with Gasteiger partial charge in [0.25, 0.3) is 5.91 Å². The van der Waals surface area contributed by atoms with Crippen LogP contribution in [0.2, 0.25) is 5.02 Å². The zero-order valence-electron chi connectivity index (χ0n) is 21.3.